The Hall–Kier alpha value is -2.20. The van der Waals surface area contributed by atoms with Gasteiger partial charge >= 0.3 is 0 Å². The molecule has 2 N–H and O–H groups in total. The number of nitrogens with zero attached hydrogens (tertiary/aromatic N) is 1. The zero-order chi connectivity index (χ0) is 16.9. The van der Waals surface area contributed by atoms with Crippen LogP contribution in [-0.2, 0) is 17.7 Å². The molecule has 3 rings (SSSR count). The topological polar surface area (TPSA) is 38.5 Å². The van der Waals surface area contributed by atoms with Crippen LogP contribution in [0.25, 0.3) is 0 Å². The highest BCUT2D eigenvalue weighted by Crippen LogP contribution is 2.20. The molecule has 0 saturated heterocycles. The summed E-state index contributed by atoms with van der Waals surface area (Å²) < 4.78 is 5.87. The molecule has 24 heavy (non-hydrogen) atoms. The number of nitrogens with two attached hydrogens (primary N) is 1. The molecule has 0 spiro atoms. The molecule has 0 radical (unpaired) electrons. The van der Waals surface area contributed by atoms with Crippen LogP contribution < -0.4 is 5.73 Å². The van der Waals surface area contributed by atoms with Crippen molar-refractivity contribution < 1.29 is 4.74 Å². The third-order valence-corrected chi connectivity index (χ3v) is 5.31. The number of hydrogen-bond acceptors (Lipinski definition) is 4. The van der Waals surface area contributed by atoms with Gasteiger partial charge in [-0.05, 0) is 55.3 Å². The van der Waals surface area contributed by atoms with Crippen LogP contribution in [0, 0.1) is 13.8 Å². The molecule has 1 aliphatic heterocycles. The summed E-state index contributed by atoms with van der Waals surface area (Å²) >= 11 is 1.84. The number of benzene rings is 1. The van der Waals surface area contributed by atoms with E-state index in [-0.39, 0.29) is 0 Å². The van der Waals surface area contributed by atoms with E-state index in [1.165, 1.54) is 20.9 Å². The van der Waals surface area contributed by atoms with Gasteiger partial charge in [0.1, 0.15) is 5.76 Å². The summed E-state index contributed by atoms with van der Waals surface area (Å²) in [4.78, 5) is 5.00. The van der Waals surface area contributed by atoms with E-state index in [1.54, 1.807) is 0 Å². The van der Waals surface area contributed by atoms with Crippen molar-refractivity contribution in [3.63, 3.8) is 0 Å². The first kappa shape index (κ1) is 16.7. The van der Waals surface area contributed by atoms with Crippen LogP contribution in [0.3, 0.4) is 0 Å². The van der Waals surface area contributed by atoms with E-state index in [2.05, 4.69) is 49.2 Å². The Labute approximate surface area is 148 Å². The van der Waals surface area contributed by atoms with E-state index in [1.807, 2.05) is 29.5 Å². The van der Waals surface area contributed by atoms with Crippen LogP contribution in [0.5, 0.6) is 0 Å². The Morgan fingerprint density at radius 2 is 2.08 bits per heavy atom. The SMILES string of the molecule is Cc1ccc(CCOC2=CCN(Cc3cccc(N)c3C)C=C2)s1. The van der Waals surface area contributed by atoms with Crippen LogP contribution in [0.2, 0.25) is 0 Å². The number of anilines is 1. The molecule has 0 aliphatic carbocycles. The van der Waals surface area contributed by atoms with Crippen molar-refractivity contribution in [3.8, 4) is 0 Å². The van der Waals surface area contributed by atoms with Crippen molar-refractivity contribution in [2.75, 3.05) is 18.9 Å². The van der Waals surface area contributed by atoms with Crippen molar-refractivity contribution in [2.45, 2.75) is 26.8 Å². The molecular weight excluding hydrogens is 316 g/mol. The third kappa shape index (κ3) is 4.20. The van der Waals surface area contributed by atoms with E-state index in [9.17, 15) is 0 Å². The molecule has 1 aromatic heterocycles. The van der Waals surface area contributed by atoms with Crippen molar-refractivity contribution in [2.24, 2.45) is 0 Å². The van der Waals surface area contributed by atoms with Gasteiger partial charge in [0.15, 0.2) is 0 Å². The fourth-order valence-corrected chi connectivity index (χ4v) is 3.59. The average Bonchev–Trinajstić information content (AvgIpc) is 2.99. The second-order valence-electron chi connectivity index (χ2n) is 6.09. The lowest BCUT2D eigenvalue weighted by Gasteiger charge is -2.24. The molecule has 1 aliphatic rings. The highest BCUT2D eigenvalue weighted by molar-refractivity contribution is 7.11. The second kappa shape index (κ2) is 7.58. The summed E-state index contributed by atoms with van der Waals surface area (Å²) in [6, 6.07) is 10.5. The van der Waals surface area contributed by atoms with Gasteiger partial charge in [0.25, 0.3) is 0 Å². The molecule has 4 heteroatoms. The lowest BCUT2D eigenvalue weighted by atomic mass is 10.1. The minimum absolute atomic E-state index is 0.727. The summed E-state index contributed by atoms with van der Waals surface area (Å²) in [5.74, 6) is 0.962. The quantitative estimate of drug-likeness (QED) is 0.791. The van der Waals surface area contributed by atoms with Crippen molar-refractivity contribution in [1.82, 2.24) is 4.90 Å². The summed E-state index contributed by atoms with van der Waals surface area (Å²) in [5, 5.41) is 0. The number of nitrogen functional groups attached to an aromatic ring is 1. The predicted octanol–water partition coefficient (Wildman–Crippen LogP) is 4.42. The third-order valence-electron chi connectivity index (χ3n) is 4.25. The molecule has 0 fully saturated rings. The molecule has 0 atom stereocenters. The fraction of sp³-hybridized carbons (Fsp3) is 0.300. The molecule has 3 nitrogen and oxygen atoms in total. The fourth-order valence-electron chi connectivity index (χ4n) is 2.72. The van der Waals surface area contributed by atoms with E-state index >= 15 is 0 Å². The Bertz CT molecular complexity index is 761. The van der Waals surface area contributed by atoms with Crippen LogP contribution >= 0.6 is 11.3 Å². The minimum atomic E-state index is 0.727. The standard InChI is InChI=1S/C20H24N2OS/c1-15-6-7-19(24-15)10-13-23-18-8-11-22(12-9-18)14-17-4-3-5-20(21)16(17)2/h3-9,11H,10,12-14,21H2,1-2H3. The molecule has 126 valence electrons. The van der Waals surface area contributed by atoms with E-state index in [4.69, 9.17) is 10.5 Å². The summed E-state index contributed by atoms with van der Waals surface area (Å²) in [5.41, 5.74) is 9.28. The molecule has 0 saturated carbocycles. The lowest BCUT2D eigenvalue weighted by molar-refractivity contribution is 0.221. The van der Waals surface area contributed by atoms with Gasteiger partial charge in [-0.25, -0.2) is 0 Å². The molecule has 0 bridgehead atoms. The van der Waals surface area contributed by atoms with Gasteiger partial charge in [0.05, 0.1) is 6.61 Å². The Balaban J connectivity index is 1.47. The number of hydrogen-bond donors (Lipinski definition) is 1. The van der Waals surface area contributed by atoms with E-state index < -0.39 is 0 Å². The van der Waals surface area contributed by atoms with E-state index in [0.29, 0.717) is 0 Å². The minimum Gasteiger partial charge on any atom is -0.493 e. The van der Waals surface area contributed by atoms with Gasteiger partial charge < -0.3 is 15.4 Å². The summed E-state index contributed by atoms with van der Waals surface area (Å²) in [7, 11) is 0. The van der Waals surface area contributed by atoms with Crippen LogP contribution in [0.4, 0.5) is 5.69 Å². The monoisotopic (exact) mass is 340 g/mol. The highest BCUT2D eigenvalue weighted by Gasteiger charge is 2.09. The van der Waals surface area contributed by atoms with Gasteiger partial charge in [-0.15, -0.1) is 11.3 Å². The number of thiophene rings is 1. The van der Waals surface area contributed by atoms with Crippen LogP contribution in [0.15, 0.2) is 54.4 Å². The maximum atomic E-state index is 5.98. The number of rotatable bonds is 6. The summed E-state index contributed by atoms with van der Waals surface area (Å²) in [6.07, 6.45) is 7.26. The number of ether oxygens (including phenoxy) is 1. The Morgan fingerprint density at radius 3 is 2.79 bits per heavy atom. The molecule has 1 aromatic carbocycles. The zero-order valence-corrected chi connectivity index (χ0v) is 15.1. The van der Waals surface area contributed by atoms with Crippen molar-refractivity contribution in [3.05, 3.63) is 75.3 Å². The van der Waals surface area contributed by atoms with Gasteiger partial charge in [-0.3, -0.25) is 0 Å². The van der Waals surface area contributed by atoms with Gasteiger partial charge in [-0.2, -0.15) is 0 Å². The average molecular weight is 340 g/mol. The normalized spacial score (nSPS) is 13.9. The predicted molar refractivity (Wildman–Crippen MR) is 102 cm³/mol. The maximum Gasteiger partial charge on any atom is 0.118 e. The molecule has 2 aromatic rings. The second-order valence-corrected chi connectivity index (χ2v) is 7.47. The molecule has 0 unspecified atom stereocenters. The number of allylic oxidation sites excluding steroid dienone is 1. The molecule has 2 heterocycles. The smallest absolute Gasteiger partial charge is 0.118 e. The van der Waals surface area contributed by atoms with Crippen LogP contribution in [-0.4, -0.2) is 18.1 Å². The lowest BCUT2D eigenvalue weighted by Crippen LogP contribution is -2.20. The van der Waals surface area contributed by atoms with E-state index in [0.717, 1.165) is 37.6 Å². The highest BCUT2D eigenvalue weighted by atomic mass is 32.1. The Kier molecular flexibility index (Phi) is 5.26. The first-order valence-corrected chi connectivity index (χ1v) is 9.08. The number of aryl methyl sites for hydroxylation is 1. The van der Waals surface area contributed by atoms with Gasteiger partial charge in [-0.1, -0.05) is 12.1 Å². The van der Waals surface area contributed by atoms with Crippen LogP contribution in [0.1, 0.15) is 20.9 Å². The molecule has 0 amide bonds. The first-order valence-electron chi connectivity index (χ1n) is 8.26. The largest absolute Gasteiger partial charge is 0.493 e. The van der Waals surface area contributed by atoms with Crippen molar-refractivity contribution in [1.29, 1.82) is 0 Å². The summed E-state index contributed by atoms with van der Waals surface area (Å²) in [6.45, 7) is 6.67. The first-order chi connectivity index (χ1) is 11.6. The van der Waals surface area contributed by atoms with Gasteiger partial charge in [0.2, 0.25) is 0 Å². The van der Waals surface area contributed by atoms with Gasteiger partial charge in [0, 0.05) is 41.2 Å². The van der Waals surface area contributed by atoms with Crippen molar-refractivity contribution >= 4 is 17.0 Å². The maximum absolute atomic E-state index is 5.98. The molecular formula is C20H24N2OS. The Morgan fingerprint density at radius 1 is 1.21 bits per heavy atom. The zero-order valence-electron chi connectivity index (χ0n) is 14.3.